The molecule has 0 aromatic heterocycles. The number of rotatable bonds is 15. The van der Waals surface area contributed by atoms with Crippen LogP contribution in [0, 0.1) is 5.92 Å². The Morgan fingerprint density at radius 1 is 0.903 bits per heavy atom. The van der Waals surface area contributed by atoms with Gasteiger partial charge in [0.05, 0.1) is 38.5 Å². The number of nitrogens with zero attached hydrogens (tertiary/aromatic N) is 2. The monoisotopic (exact) mass is 442 g/mol. The number of hydroxylamine groups is 4. The molecule has 0 saturated heterocycles. The summed E-state index contributed by atoms with van der Waals surface area (Å²) in [5.74, 6) is 0.106. The lowest BCUT2D eigenvalue weighted by Gasteiger charge is -2.40. The van der Waals surface area contributed by atoms with Crippen LogP contribution in [0.25, 0.3) is 0 Å². The first kappa shape index (κ1) is 28.9. The molecule has 0 aliphatic heterocycles. The van der Waals surface area contributed by atoms with E-state index in [1.807, 2.05) is 27.7 Å². The van der Waals surface area contributed by atoms with E-state index in [9.17, 15) is 9.59 Å². The number of hydrogen-bond acceptors (Lipinski definition) is 6. The largest absolute Gasteiger partial charge is 0.448 e. The molecule has 0 saturated carbocycles. The van der Waals surface area contributed by atoms with Crippen molar-refractivity contribution in [2.45, 2.75) is 73.3 Å². The minimum atomic E-state index is -0.598. The van der Waals surface area contributed by atoms with Gasteiger partial charge in [-0.15, -0.1) is 0 Å². The third-order valence-corrected chi connectivity index (χ3v) is 4.79. The number of unbranched alkanes of at least 4 members (excludes halogenated alkanes) is 1. The number of carbonyl (C=O) groups is 2. The molecule has 31 heavy (non-hydrogen) atoms. The van der Waals surface area contributed by atoms with E-state index in [0.717, 1.165) is 30.4 Å². The molecule has 0 aromatic rings. The Kier molecular flexibility index (Phi) is 13.9. The number of ether oxygens (including phenoxy) is 2. The highest BCUT2D eigenvalue weighted by atomic mass is 16.7. The zero-order valence-electron chi connectivity index (χ0n) is 20.5. The van der Waals surface area contributed by atoms with Crippen molar-refractivity contribution in [3.05, 3.63) is 24.3 Å². The molecule has 0 N–H and O–H groups in total. The summed E-state index contributed by atoms with van der Waals surface area (Å²) >= 11 is 0. The van der Waals surface area contributed by atoms with Crippen molar-refractivity contribution in [3.8, 4) is 0 Å². The van der Waals surface area contributed by atoms with Crippen LogP contribution >= 0.6 is 0 Å². The first-order valence-electron chi connectivity index (χ1n) is 10.9. The van der Waals surface area contributed by atoms with Crippen molar-refractivity contribution in [3.63, 3.8) is 0 Å². The molecule has 180 valence electrons. The van der Waals surface area contributed by atoms with Gasteiger partial charge in [-0.3, -0.25) is 9.68 Å². The fourth-order valence-electron chi connectivity index (χ4n) is 2.66. The second-order valence-electron chi connectivity index (χ2n) is 8.31. The maximum absolute atomic E-state index is 12.5. The smallest absolute Gasteiger partial charge is 0.434 e. The van der Waals surface area contributed by atoms with E-state index in [1.165, 1.54) is 10.1 Å². The van der Waals surface area contributed by atoms with Gasteiger partial charge in [-0.05, 0) is 60.3 Å². The molecule has 0 aromatic carbocycles. The van der Waals surface area contributed by atoms with Gasteiger partial charge in [-0.2, -0.15) is 10.1 Å². The topological polar surface area (TPSA) is 77.5 Å². The molecular formula is C23H42N2O6. The fourth-order valence-corrected chi connectivity index (χ4v) is 2.66. The zero-order valence-corrected chi connectivity index (χ0v) is 20.5. The molecule has 1 atom stereocenters. The second kappa shape index (κ2) is 14.9. The Bertz CT molecular complexity index is 591. The third kappa shape index (κ3) is 11.2. The van der Waals surface area contributed by atoms with E-state index in [0.29, 0.717) is 6.54 Å². The van der Waals surface area contributed by atoms with Gasteiger partial charge in [-0.1, -0.05) is 37.6 Å². The van der Waals surface area contributed by atoms with Gasteiger partial charge in [0.15, 0.2) is 0 Å². The Morgan fingerprint density at radius 2 is 1.42 bits per heavy atom. The van der Waals surface area contributed by atoms with E-state index in [4.69, 9.17) is 19.1 Å². The summed E-state index contributed by atoms with van der Waals surface area (Å²) in [7, 11) is 0. The van der Waals surface area contributed by atoms with Crippen molar-refractivity contribution in [1.29, 1.82) is 0 Å². The van der Waals surface area contributed by atoms with Gasteiger partial charge in [0.1, 0.15) is 0 Å². The summed E-state index contributed by atoms with van der Waals surface area (Å²) in [4.78, 5) is 35.7. The first-order chi connectivity index (χ1) is 14.5. The van der Waals surface area contributed by atoms with Crippen molar-refractivity contribution in [1.82, 2.24) is 10.1 Å². The van der Waals surface area contributed by atoms with Gasteiger partial charge in [-0.25, -0.2) is 9.59 Å². The van der Waals surface area contributed by atoms with Crippen LogP contribution in [-0.2, 0) is 19.1 Å². The van der Waals surface area contributed by atoms with Crippen LogP contribution in [0.15, 0.2) is 24.3 Å². The lowest BCUT2D eigenvalue weighted by atomic mass is 9.85. The average Bonchev–Trinajstić information content (AvgIpc) is 2.66. The van der Waals surface area contributed by atoms with Crippen molar-refractivity contribution in [2.75, 3.05) is 33.0 Å². The molecular weight excluding hydrogens is 400 g/mol. The third-order valence-electron chi connectivity index (χ3n) is 4.79. The van der Waals surface area contributed by atoms with Crippen molar-refractivity contribution in [2.24, 2.45) is 5.92 Å². The highest BCUT2D eigenvalue weighted by Crippen LogP contribution is 2.30. The molecule has 0 aliphatic carbocycles. The highest BCUT2D eigenvalue weighted by Gasteiger charge is 2.38. The summed E-state index contributed by atoms with van der Waals surface area (Å²) in [6, 6.07) is 0. The van der Waals surface area contributed by atoms with Crippen LogP contribution in [0.3, 0.4) is 0 Å². The van der Waals surface area contributed by atoms with Crippen molar-refractivity contribution < 1.29 is 28.7 Å². The molecule has 8 nitrogen and oxygen atoms in total. The van der Waals surface area contributed by atoms with E-state index in [-0.39, 0.29) is 32.3 Å². The summed E-state index contributed by atoms with van der Waals surface area (Å²) in [5.41, 5.74) is 1.03. The number of carbonyl (C=O) groups excluding carboxylic acids is 2. The van der Waals surface area contributed by atoms with E-state index < -0.39 is 17.7 Å². The SMILES string of the molecule is C=C(C)CON(CCCCC(C)C(C)(C)N(OCC(=C)C)C(=O)OCC)C(=O)OCC. The fraction of sp³-hybridized carbons (Fsp3) is 0.739. The van der Waals surface area contributed by atoms with Gasteiger partial charge in [0, 0.05) is 0 Å². The molecule has 0 aliphatic rings. The Hall–Kier alpha value is -2.06. The van der Waals surface area contributed by atoms with Crippen LogP contribution in [0.1, 0.15) is 67.7 Å². The summed E-state index contributed by atoms with van der Waals surface area (Å²) in [5, 5.41) is 2.56. The molecule has 0 spiro atoms. The predicted molar refractivity (Wildman–Crippen MR) is 121 cm³/mol. The Balaban J connectivity index is 4.89. The molecule has 0 fully saturated rings. The number of amides is 2. The molecule has 2 amide bonds. The quantitative estimate of drug-likeness (QED) is 0.189. The minimum absolute atomic E-state index is 0.106. The van der Waals surface area contributed by atoms with E-state index in [2.05, 4.69) is 20.1 Å². The maximum Gasteiger partial charge on any atom is 0.434 e. The molecule has 8 heteroatoms. The molecule has 0 rings (SSSR count). The first-order valence-corrected chi connectivity index (χ1v) is 10.9. The van der Waals surface area contributed by atoms with E-state index >= 15 is 0 Å². The van der Waals surface area contributed by atoms with Gasteiger partial charge in [0.25, 0.3) is 0 Å². The van der Waals surface area contributed by atoms with Gasteiger partial charge in [0.2, 0.25) is 0 Å². The molecule has 0 radical (unpaired) electrons. The van der Waals surface area contributed by atoms with Gasteiger partial charge < -0.3 is 9.47 Å². The highest BCUT2D eigenvalue weighted by molar-refractivity contribution is 5.67. The molecule has 0 bridgehead atoms. The van der Waals surface area contributed by atoms with Gasteiger partial charge >= 0.3 is 12.2 Å². The standard InChI is InChI=1S/C23H42N2O6/c1-10-28-21(26)24(30-16-18(3)4)15-13-12-14-20(7)23(8,9)25(22(27)29-11-2)31-17-19(5)6/h20H,3,5,10-17H2,1-2,4,6-9H3. The van der Waals surface area contributed by atoms with Crippen LogP contribution in [-0.4, -0.2) is 60.8 Å². The maximum atomic E-state index is 12.5. The summed E-state index contributed by atoms with van der Waals surface area (Å²) in [6.45, 7) is 22.2. The molecule has 1 unspecified atom stereocenters. The van der Waals surface area contributed by atoms with Crippen LogP contribution < -0.4 is 0 Å². The normalized spacial score (nSPS) is 12.1. The summed E-state index contributed by atoms with van der Waals surface area (Å²) < 4.78 is 10.2. The van der Waals surface area contributed by atoms with Crippen molar-refractivity contribution >= 4 is 12.2 Å². The second-order valence-corrected chi connectivity index (χ2v) is 8.31. The predicted octanol–water partition coefficient (Wildman–Crippen LogP) is 5.50. The molecule has 0 heterocycles. The minimum Gasteiger partial charge on any atom is -0.448 e. The average molecular weight is 443 g/mol. The zero-order chi connectivity index (χ0) is 24.0. The Labute approximate surface area is 188 Å². The Morgan fingerprint density at radius 3 is 1.94 bits per heavy atom. The van der Waals surface area contributed by atoms with E-state index in [1.54, 1.807) is 13.8 Å². The van der Waals surface area contributed by atoms with Crippen LogP contribution in [0.4, 0.5) is 9.59 Å². The van der Waals surface area contributed by atoms with Crippen LogP contribution in [0.5, 0.6) is 0 Å². The number of hydrogen-bond donors (Lipinski definition) is 0. The lowest BCUT2D eigenvalue weighted by molar-refractivity contribution is -0.194. The lowest BCUT2D eigenvalue weighted by Crippen LogP contribution is -2.52. The van der Waals surface area contributed by atoms with Crippen LogP contribution in [0.2, 0.25) is 0 Å². The summed E-state index contributed by atoms with van der Waals surface area (Å²) in [6.07, 6.45) is 1.35.